The van der Waals surface area contributed by atoms with Crippen molar-refractivity contribution in [2.75, 3.05) is 0 Å². The molecule has 0 aliphatic rings. The molecule has 1 nitrogen and oxygen atoms in total. The lowest BCUT2D eigenvalue weighted by Crippen LogP contribution is -2.05. The largest absolute Gasteiger partial charge is 0.252 e. The van der Waals surface area contributed by atoms with Crippen LogP contribution in [0.25, 0.3) is 64.1 Å². The second-order valence-corrected chi connectivity index (χ2v) is 14.3. The second-order valence-electron chi connectivity index (χ2n) is 13.2. The van der Waals surface area contributed by atoms with E-state index in [1.54, 1.807) is 0 Å². The van der Waals surface area contributed by atoms with Gasteiger partial charge in [0.2, 0.25) is 0 Å². The first-order chi connectivity index (χ1) is 24.6. The van der Waals surface area contributed by atoms with Crippen molar-refractivity contribution in [2.24, 2.45) is 4.99 Å². The minimum atomic E-state index is 0.792. The number of thiophene rings is 1. The van der Waals surface area contributed by atoms with E-state index in [0.29, 0.717) is 0 Å². The number of benzene rings is 7. The predicted molar refractivity (Wildman–Crippen MR) is 221 cm³/mol. The van der Waals surface area contributed by atoms with E-state index in [0.717, 1.165) is 42.7 Å². The van der Waals surface area contributed by atoms with Gasteiger partial charge in [-0.2, -0.15) is 0 Å². The Bertz CT molecular complexity index is 2550. The highest BCUT2D eigenvalue weighted by Crippen LogP contribution is 2.47. The van der Waals surface area contributed by atoms with Crippen LogP contribution >= 0.6 is 11.3 Å². The number of allylic oxidation sites excluding steroid dienone is 3. The van der Waals surface area contributed by atoms with Crippen LogP contribution < -0.4 is 0 Å². The Balaban J connectivity index is 1.25. The molecule has 0 fully saturated rings. The highest BCUT2D eigenvalue weighted by molar-refractivity contribution is 7.26. The van der Waals surface area contributed by atoms with Crippen molar-refractivity contribution in [1.82, 2.24) is 0 Å². The third-order valence-electron chi connectivity index (χ3n) is 10.1. The first kappa shape index (κ1) is 31.9. The molecule has 0 bridgehead atoms. The molecule has 0 aliphatic carbocycles. The molecule has 8 aromatic rings. The molecule has 0 N–H and O–H groups in total. The minimum Gasteiger partial charge on any atom is -0.252 e. The molecule has 2 heteroatoms. The molecule has 1 aromatic heterocycles. The van der Waals surface area contributed by atoms with E-state index in [4.69, 9.17) is 4.99 Å². The lowest BCUT2D eigenvalue weighted by Gasteiger charge is -2.17. The van der Waals surface area contributed by atoms with Gasteiger partial charge in [-0.25, -0.2) is 0 Å². The molecular weight excluding hydrogens is 623 g/mol. The Morgan fingerprint density at radius 3 is 1.90 bits per heavy atom. The fraction of sp³-hybridized carbons (Fsp3) is 0.146. The van der Waals surface area contributed by atoms with Crippen molar-refractivity contribution in [1.29, 1.82) is 0 Å². The zero-order valence-electron chi connectivity index (χ0n) is 29.0. The highest BCUT2D eigenvalue weighted by Gasteiger charge is 2.18. The standard InChI is InChI=1S/C48H41NS/c1-4-6-27-42(34-17-9-7-10-18-34)49-43(35-19-11-8-12-20-35)31-33(5-2)32(3)36-21-13-22-37(30-36)38-23-14-24-39-40-25-15-28-44-47(40)48-41(46(38)39)26-16-29-45(48)50-44/h7-30H,4-6,31H2,1-3H3/b33-32+,42-27+,49-43+. The summed E-state index contributed by atoms with van der Waals surface area (Å²) in [5, 5.41) is 8.17. The maximum absolute atomic E-state index is 5.42. The number of hydrogen-bond acceptors (Lipinski definition) is 2. The number of fused-ring (bicyclic) bond motifs is 3. The molecule has 0 atom stereocenters. The lowest BCUT2D eigenvalue weighted by molar-refractivity contribution is 0.958. The van der Waals surface area contributed by atoms with Crippen LogP contribution in [0.15, 0.2) is 156 Å². The molecule has 0 radical (unpaired) electrons. The Kier molecular flexibility index (Phi) is 8.87. The Morgan fingerprint density at radius 1 is 0.600 bits per heavy atom. The zero-order valence-corrected chi connectivity index (χ0v) is 29.9. The molecule has 8 rings (SSSR count). The SMILES string of the molecule is CCC/C=C(/N=C(\C/C(CC)=C(\C)c1cccc(-c2cccc3c4cccc5sc6cccc(c23)c6c54)c1)c1ccccc1)c1ccccc1. The van der Waals surface area contributed by atoms with Gasteiger partial charge >= 0.3 is 0 Å². The van der Waals surface area contributed by atoms with Crippen LogP contribution in [-0.4, -0.2) is 5.71 Å². The number of hydrogen-bond donors (Lipinski definition) is 0. The summed E-state index contributed by atoms with van der Waals surface area (Å²) in [7, 11) is 0. The highest BCUT2D eigenvalue weighted by atomic mass is 32.1. The molecular formula is C48H41NS. The van der Waals surface area contributed by atoms with E-state index < -0.39 is 0 Å². The van der Waals surface area contributed by atoms with Gasteiger partial charge in [-0.15, -0.1) is 11.3 Å². The van der Waals surface area contributed by atoms with Crippen molar-refractivity contribution in [3.05, 3.63) is 168 Å². The van der Waals surface area contributed by atoms with E-state index in [1.807, 2.05) is 11.3 Å². The van der Waals surface area contributed by atoms with Crippen LogP contribution in [0.3, 0.4) is 0 Å². The molecule has 0 amide bonds. The fourth-order valence-electron chi connectivity index (χ4n) is 7.56. The summed E-state index contributed by atoms with van der Waals surface area (Å²) in [5.74, 6) is 0. The molecule has 1 heterocycles. The lowest BCUT2D eigenvalue weighted by atomic mass is 9.88. The van der Waals surface area contributed by atoms with Gasteiger partial charge in [-0.05, 0) is 92.9 Å². The predicted octanol–water partition coefficient (Wildman–Crippen LogP) is 14.4. The van der Waals surface area contributed by atoms with E-state index in [-0.39, 0.29) is 0 Å². The summed E-state index contributed by atoms with van der Waals surface area (Å²) in [6.45, 7) is 6.80. The smallest absolute Gasteiger partial charge is 0.0665 e. The molecule has 244 valence electrons. The Hall–Kier alpha value is -5.31. The monoisotopic (exact) mass is 663 g/mol. The summed E-state index contributed by atoms with van der Waals surface area (Å²) >= 11 is 1.90. The first-order valence-electron chi connectivity index (χ1n) is 17.9. The fourth-order valence-corrected chi connectivity index (χ4v) is 8.71. The third kappa shape index (κ3) is 5.84. The van der Waals surface area contributed by atoms with Gasteiger partial charge in [-0.1, -0.05) is 153 Å². The molecule has 0 saturated carbocycles. The average Bonchev–Trinajstić information content (AvgIpc) is 3.57. The van der Waals surface area contributed by atoms with Crippen molar-refractivity contribution >= 4 is 70.0 Å². The van der Waals surface area contributed by atoms with Gasteiger partial charge < -0.3 is 0 Å². The Morgan fingerprint density at radius 2 is 1.20 bits per heavy atom. The topological polar surface area (TPSA) is 12.4 Å². The van der Waals surface area contributed by atoms with Gasteiger partial charge in [-0.3, -0.25) is 4.99 Å². The second kappa shape index (κ2) is 13.9. The molecule has 0 aliphatic heterocycles. The minimum absolute atomic E-state index is 0.792. The summed E-state index contributed by atoms with van der Waals surface area (Å²) in [6, 6.07) is 51.0. The van der Waals surface area contributed by atoms with Gasteiger partial charge in [0.25, 0.3) is 0 Å². The van der Waals surface area contributed by atoms with Crippen LogP contribution in [-0.2, 0) is 0 Å². The molecule has 0 saturated heterocycles. The summed E-state index contributed by atoms with van der Waals surface area (Å²) in [6.07, 6.45) is 6.13. The molecule has 50 heavy (non-hydrogen) atoms. The average molecular weight is 664 g/mol. The first-order valence-corrected chi connectivity index (χ1v) is 18.7. The summed E-state index contributed by atoms with van der Waals surface area (Å²) < 4.78 is 2.73. The van der Waals surface area contributed by atoms with E-state index >= 15 is 0 Å². The van der Waals surface area contributed by atoms with Crippen molar-refractivity contribution in [2.45, 2.75) is 46.5 Å². The van der Waals surface area contributed by atoms with Crippen molar-refractivity contribution < 1.29 is 0 Å². The Labute approximate surface area is 299 Å². The maximum Gasteiger partial charge on any atom is 0.0665 e. The van der Waals surface area contributed by atoms with Gasteiger partial charge in [0.15, 0.2) is 0 Å². The number of rotatable bonds is 10. The van der Waals surface area contributed by atoms with Crippen LogP contribution in [0.1, 0.15) is 63.1 Å². The third-order valence-corrected chi connectivity index (χ3v) is 11.3. The summed E-state index contributed by atoms with van der Waals surface area (Å²) in [4.78, 5) is 5.42. The molecule has 7 aromatic carbocycles. The zero-order chi connectivity index (χ0) is 34.0. The number of aliphatic imine (C=N–C) groups is 1. The number of nitrogens with zero attached hydrogens (tertiary/aromatic N) is 1. The van der Waals surface area contributed by atoms with Crippen LogP contribution in [0, 0.1) is 0 Å². The van der Waals surface area contributed by atoms with Gasteiger partial charge in [0.05, 0.1) is 11.4 Å². The molecule has 0 unspecified atom stereocenters. The normalized spacial score (nSPS) is 13.2. The quantitative estimate of drug-likeness (QED) is 0.102. The van der Waals surface area contributed by atoms with E-state index in [1.165, 1.54) is 75.1 Å². The number of unbranched alkanes of at least 4 members (excludes halogenated alkanes) is 1. The molecule has 0 spiro atoms. The maximum atomic E-state index is 5.42. The van der Waals surface area contributed by atoms with Gasteiger partial charge in [0, 0.05) is 26.6 Å². The summed E-state index contributed by atoms with van der Waals surface area (Å²) in [5.41, 5.74) is 11.0. The van der Waals surface area contributed by atoms with Crippen LogP contribution in [0.5, 0.6) is 0 Å². The van der Waals surface area contributed by atoms with Gasteiger partial charge in [0.1, 0.15) is 0 Å². The van der Waals surface area contributed by atoms with Crippen LogP contribution in [0.2, 0.25) is 0 Å². The van der Waals surface area contributed by atoms with E-state index in [2.05, 4.69) is 166 Å². The van der Waals surface area contributed by atoms with Crippen LogP contribution in [0.4, 0.5) is 0 Å². The van der Waals surface area contributed by atoms with Crippen molar-refractivity contribution in [3.8, 4) is 11.1 Å². The van der Waals surface area contributed by atoms with Crippen molar-refractivity contribution in [3.63, 3.8) is 0 Å². The van der Waals surface area contributed by atoms with E-state index in [9.17, 15) is 0 Å².